The van der Waals surface area contributed by atoms with E-state index < -0.39 is 0 Å². The van der Waals surface area contributed by atoms with Crippen molar-refractivity contribution < 1.29 is 1.43 Å². The van der Waals surface area contributed by atoms with Gasteiger partial charge < -0.3 is 28.7 Å². The summed E-state index contributed by atoms with van der Waals surface area (Å²) in [6.07, 6.45) is 36.9. The van der Waals surface area contributed by atoms with Crippen LogP contribution in [0.25, 0.3) is 0 Å². The second-order valence-corrected chi connectivity index (χ2v) is 9.05. The van der Waals surface area contributed by atoms with Gasteiger partial charge in [-0.05, 0) is 0 Å². The minimum atomic E-state index is 0. The highest BCUT2D eigenvalue weighted by molar-refractivity contribution is 9.09. The summed E-state index contributed by atoms with van der Waals surface area (Å²) < 4.78 is 3.95. The van der Waals surface area contributed by atoms with Crippen molar-refractivity contribution in [1.82, 2.24) is 38.7 Å². The molecule has 0 unspecified atom stereocenters. The lowest BCUT2D eigenvalue weighted by Crippen LogP contribution is -2.35. The molecule has 2 aliphatic heterocycles. The molecule has 4 rings (SSSR count). The molecule has 0 saturated carbocycles. The molecule has 0 radical (unpaired) electrons. The number of hydrogen-bond donors (Lipinski definition) is 0. The third-order valence-corrected chi connectivity index (χ3v) is 5.47. The Kier molecular flexibility index (Phi) is 19.7. The van der Waals surface area contributed by atoms with Crippen LogP contribution in [0.3, 0.4) is 0 Å². The normalized spacial score (nSPS) is 13.5. The van der Waals surface area contributed by atoms with Gasteiger partial charge in [-0.3, -0.25) is 0 Å². The number of rotatable bonds is 12. The molecular weight excluding hydrogens is 578 g/mol. The standard InChI is InChI=1S/C17H24N4.C7H8N4.C5H7Br.C2H3N.H2/c1-3-5-7-9-18-11-13-20(15-18)17-21-14-12-19(16-21)10-8-6-4-2;1-3-10(5-8-1)7-11-4-2-9-6-11;1-2-3-4-5-6;1-2-3;/h3-8,11-14H,1-2,9-10,15-17H2;1-6H,7H2;2-4H,1,5H2;1H3;1H/i;;;;1+1. The van der Waals surface area contributed by atoms with Crippen molar-refractivity contribution in [3.63, 3.8) is 0 Å². The lowest BCUT2D eigenvalue weighted by Gasteiger charge is -2.27. The van der Waals surface area contributed by atoms with E-state index in [0.29, 0.717) is 0 Å². The van der Waals surface area contributed by atoms with Crippen molar-refractivity contribution in [2.75, 3.05) is 38.4 Å². The predicted molar refractivity (Wildman–Crippen MR) is 175 cm³/mol. The molecule has 0 spiro atoms. The Balaban J connectivity index is 0.000000666. The Morgan fingerprint density at radius 1 is 0.756 bits per heavy atom. The van der Waals surface area contributed by atoms with Crippen LogP contribution in [0.4, 0.5) is 0 Å². The monoisotopic (exact) mass is 622 g/mol. The van der Waals surface area contributed by atoms with E-state index in [2.05, 4.69) is 102 Å². The molecule has 0 saturated heterocycles. The van der Waals surface area contributed by atoms with Gasteiger partial charge >= 0.3 is 0 Å². The molecule has 0 bridgehead atoms. The van der Waals surface area contributed by atoms with Crippen LogP contribution < -0.4 is 0 Å². The van der Waals surface area contributed by atoms with Gasteiger partial charge in [-0.15, -0.1) is 0 Å². The number of halogens is 1. The highest BCUT2D eigenvalue weighted by atomic mass is 79.9. The summed E-state index contributed by atoms with van der Waals surface area (Å²) in [5.74, 6) is 0. The predicted octanol–water partition coefficient (Wildman–Crippen LogP) is 6.01. The van der Waals surface area contributed by atoms with Gasteiger partial charge in [0, 0.05) is 76.4 Å². The third kappa shape index (κ3) is 16.9. The second kappa shape index (κ2) is 23.4. The minimum absolute atomic E-state index is 0. The second-order valence-electron chi connectivity index (χ2n) is 8.41. The Hall–Kier alpha value is -4.49. The number of allylic oxidation sites excluding steroid dienone is 7. The number of imidazole rings is 2. The van der Waals surface area contributed by atoms with E-state index in [4.69, 9.17) is 5.26 Å². The van der Waals surface area contributed by atoms with Gasteiger partial charge in [0.15, 0.2) is 0 Å². The maximum Gasteiger partial charge on any atom is 0.101 e. The summed E-state index contributed by atoms with van der Waals surface area (Å²) in [5, 5.41) is 8.24. The van der Waals surface area contributed by atoms with Crippen LogP contribution in [0, 0.1) is 11.3 Å². The minimum Gasteiger partial charge on any atom is -0.355 e. The molecule has 2 aromatic rings. The van der Waals surface area contributed by atoms with Gasteiger partial charge in [0.05, 0.1) is 38.7 Å². The van der Waals surface area contributed by atoms with Crippen molar-refractivity contribution in [1.29, 1.82) is 5.26 Å². The van der Waals surface area contributed by atoms with Crippen LogP contribution in [0.5, 0.6) is 0 Å². The van der Waals surface area contributed by atoms with Crippen molar-refractivity contribution in [2.45, 2.75) is 13.6 Å². The van der Waals surface area contributed by atoms with Crippen LogP contribution in [0.2, 0.25) is 0 Å². The number of alkyl halides is 1. The van der Waals surface area contributed by atoms with Gasteiger partial charge in [0.25, 0.3) is 0 Å². The van der Waals surface area contributed by atoms with E-state index in [1.807, 2.05) is 58.0 Å². The Morgan fingerprint density at radius 3 is 1.51 bits per heavy atom. The lowest BCUT2D eigenvalue weighted by atomic mass is 10.4. The zero-order valence-corrected chi connectivity index (χ0v) is 25.5. The van der Waals surface area contributed by atoms with E-state index in [9.17, 15) is 0 Å². The fourth-order valence-electron chi connectivity index (χ4n) is 3.35. The van der Waals surface area contributed by atoms with Crippen molar-refractivity contribution in [3.8, 4) is 6.07 Å². The quantitative estimate of drug-likeness (QED) is 0.212. The first-order valence-electron chi connectivity index (χ1n) is 13.0. The molecule has 220 valence electrons. The van der Waals surface area contributed by atoms with Crippen LogP contribution in [0.1, 0.15) is 8.35 Å². The molecular formula is C31H44BrN9. The fourth-order valence-corrected chi connectivity index (χ4v) is 3.56. The van der Waals surface area contributed by atoms with Gasteiger partial charge in [0.1, 0.15) is 6.67 Å². The summed E-state index contributed by atoms with van der Waals surface area (Å²) in [6.45, 7) is 17.7. The molecule has 0 atom stereocenters. The van der Waals surface area contributed by atoms with E-state index in [0.717, 1.165) is 45.1 Å². The summed E-state index contributed by atoms with van der Waals surface area (Å²) in [7, 11) is 0. The molecule has 9 nitrogen and oxygen atoms in total. The van der Waals surface area contributed by atoms with Crippen LogP contribution >= 0.6 is 15.9 Å². The number of nitriles is 1. The molecule has 0 aromatic carbocycles. The fraction of sp³-hybridized carbons (Fsp3) is 0.258. The van der Waals surface area contributed by atoms with Gasteiger partial charge in [-0.1, -0.05) is 90.4 Å². The Bertz CT molecular complexity index is 1070. The Labute approximate surface area is 255 Å². The maximum absolute atomic E-state index is 7.32. The zero-order valence-electron chi connectivity index (χ0n) is 23.9. The smallest absolute Gasteiger partial charge is 0.101 e. The maximum atomic E-state index is 7.32. The average molecular weight is 624 g/mol. The van der Waals surface area contributed by atoms with Crippen molar-refractivity contribution in [3.05, 3.63) is 137 Å². The van der Waals surface area contributed by atoms with Gasteiger partial charge in [0.2, 0.25) is 0 Å². The van der Waals surface area contributed by atoms with Crippen molar-refractivity contribution in [2.24, 2.45) is 0 Å². The van der Waals surface area contributed by atoms with E-state index in [1.54, 1.807) is 37.2 Å². The van der Waals surface area contributed by atoms with E-state index in [1.165, 1.54) is 6.92 Å². The number of nitrogens with zero attached hydrogens (tertiary/aromatic N) is 9. The number of hydrogen-bond acceptors (Lipinski definition) is 7. The largest absolute Gasteiger partial charge is 0.355 e. The number of aromatic nitrogens is 4. The van der Waals surface area contributed by atoms with Gasteiger partial charge in [-0.2, -0.15) is 5.26 Å². The van der Waals surface area contributed by atoms with Crippen LogP contribution in [-0.4, -0.2) is 77.1 Å². The molecule has 0 fully saturated rings. The molecule has 41 heavy (non-hydrogen) atoms. The average Bonchev–Trinajstić information content (AvgIpc) is 3.80. The first kappa shape index (κ1) is 34.5. The van der Waals surface area contributed by atoms with Crippen molar-refractivity contribution >= 4 is 15.9 Å². The Morgan fingerprint density at radius 2 is 1.17 bits per heavy atom. The van der Waals surface area contributed by atoms with E-state index in [-0.39, 0.29) is 1.43 Å². The molecule has 10 heteroatoms. The molecule has 2 aromatic heterocycles. The van der Waals surface area contributed by atoms with E-state index >= 15 is 0 Å². The SMILES string of the molecule is C=CC=CCBr.C=CC=CCN1C=CN(CN2C=CN(CC=CC=C)C2)C1.CC#N.[2HH].c1cn(Cn2ccnc2)cn1. The van der Waals surface area contributed by atoms with Gasteiger partial charge in [-0.25, -0.2) is 9.97 Å². The third-order valence-electron chi connectivity index (χ3n) is 5.10. The topological polar surface area (TPSA) is 72.4 Å². The molecule has 0 aliphatic carbocycles. The summed E-state index contributed by atoms with van der Waals surface area (Å²) >= 11 is 3.22. The summed E-state index contributed by atoms with van der Waals surface area (Å²) in [5.41, 5.74) is 0. The van der Waals surface area contributed by atoms with Crippen LogP contribution in [0.15, 0.2) is 137 Å². The molecule has 0 amide bonds. The first-order chi connectivity index (χ1) is 20.1. The van der Waals surface area contributed by atoms with Crippen LogP contribution in [-0.2, 0) is 6.67 Å². The molecule has 2 aliphatic rings. The highest BCUT2D eigenvalue weighted by Crippen LogP contribution is 2.12. The molecule has 0 N–H and O–H groups in total. The summed E-state index contributed by atoms with van der Waals surface area (Å²) in [4.78, 5) is 17.0. The first-order valence-corrected chi connectivity index (χ1v) is 14.2. The lowest BCUT2D eigenvalue weighted by molar-refractivity contribution is 0.171. The summed E-state index contributed by atoms with van der Waals surface area (Å²) in [6, 6.07) is 1.75. The molecule has 4 heterocycles. The zero-order chi connectivity index (χ0) is 30.0. The highest BCUT2D eigenvalue weighted by Gasteiger charge is 2.16.